The molecule has 2 aromatic heterocycles. The third kappa shape index (κ3) is 2.24. The van der Waals surface area contributed by atoms with Gasteiger partial charge in [0.15, 0.2) is 5.82 Å². The van der Waals surface area contributed by atoms with Gasteiger partial charge in [-0.15, -0.1) is 0 Å². The van der Waals surface area contributed by atoms with Crippen molar-refractivity contribution in [3.8, 4) is 0 Å². The van der Waals surface area contributed by atoms with Crippen LogP contribution >= 0.6 is 0 Å². The summed E-state index contributed by atoms with van der Waals surface area (Å²) >= 11 is 0. The van der Waals surface area contributed by atoms with E-state index in [9.17, 15) is 5.11 Å². The molecule has 1 N–H and O–H groups in total. The first-order valence-corrected chi connectivity index (χ1v) is 6.13. The molecule has 18 heavy (non-hydrogen) atoms. The Morgan fingerprint density at radius 1 is 1.50 bits per heavy atom. The number of aliphatic hydroxyl groups excluding tert-OH is 1. The third-order valence-electron chi connectivity index (χ3n) is 2.90. The van der Waals surface area contributed by atoms with E-state index in [-0.39, 0.29) is 6.61 Å². The fourth-order valence-electron chi connectivity index (χ4n) is 2.10. The molecule has 0 bridgehead atoms. The molecular weight excluding hydrogens is 226 g/mol. The van der Waals surface area contributed by atoms with Crippen molar-refractivity contribution in [2.45, 2.75) is 20.5 Å². The molecule has 0 aromatic carbocycles. The minimum Gasteiger partial charge on any atom is -0.390 e. The fraction of sp³-hybridized carbons (Fsp3) is 0.357. The standard InChI is InChI=1S/C14H19N3O/c1-4-16(9-11(2)3)14-12(10-18)17-8-6-5-7-13(17)15-14/h5-8,18H,2,4,9-10H2,1,3H3. The number of aromatic nitrogens is 2. The van der Waals surface area contributed by atoms with E-state index < -0.39 is 0 Å². The molecule has 0 atom stereocenters. The van der Waals surface area contributed by atoms with E-state index in [0.29, 0.717) is 0 Å². The zero-order valence-corrected chi connectivity index (χ0v) is 10.9. The fourth-order valence-corrected chi connectivity index (χ4v) is 2.10. The summed E-state index contributed by atoms with van der Waals surface area (Å²) in [5.41, 5.74) is 2.77. The van der Waals surface area contributed by atoms with Crippen molar-refractivity contribution in [3.63, 3.8) is 0 Å². The summed E-state index contributed by atoms with van der Waals surface area (Å²) in [6, 6.07) is 5.83. The molecule has 4 heteroatoms. The minimum absolute atomic E-state index is 0.0206. The van der Waals surface area contributed by atoms with Crippen LogP contribution in [0.3, 0.4) is 0 Å². The van der Waals surface area contributed by atoms with Crippen molar-refractivity contribution in [3.05, 3.63) is 42.2 Å². The van der Waals surface area contributed by atoms with Gasteiger partial charge in [0, 0.05) is 19.3 Å². The molecule has 4 nitrogen and oxygen atoms in total. The van der Waals surface area contributed by atoms with Gasteiger partial charge in [-0.3, -0.25) is 4.40 Å². The molecular formula is C14H19N3O. The number of likely N-dealkylation sites (N-methyl/N-ethyl adjacent to an activating group) is 1. The second-order valence-corrected chi connectivity index (χ2v) is 4.44. The lowest BCUT2D eigenvalue weighted by atomic mass is 10.3. The molecule has 2 rings (SSSR count). The summed E-state index contributed by atoms with van der Waals surface area (Å²) in [5, 5.41) is 9.57. The number of hydrogen-bond donors (Lipinski definition) is 1. The topological polar surface area (TPSA) is 40.8 Å². The highest BCUT2D eigenvalue weighted by Crippen LogP contribution is 2.22. The second kappa shape index (κ2) is 5.23. The number of imidazole rings is 1. The van der Waals surface area contributed by atoms with Crippen LogP contribution in [0.2, 0.25) is 0 Å². The van der Waals surface area contributed by atoms with E-state index in [2.05, 4.69) is 23.4 Å². The predicted molar refractivity (Wildman–Crippen MR) is 73.8 cm³/mol. The largest absolute Gasteiger partial charge is 0.390 e. The molecule has 0 fully saturated rings. The zero-order chi connectivity index (χ0) is 13.1. The van der Waals surface area contributed by atoms with Crippen LogP contribution in [0.5, 0.6) is 0 Å². The number of hydrogen-bond acceptors (Lipinski definition) is 3. The lowest BCUT2D eigenvalue weighted by Gasteiger charge is -2.21. The van der Waals surface area contributed by atoms with Crippen molar-refractivity contribution in [1.82, 2.24) is 9.38 Å². The molecule has 0 spiro atoms. The van der Waals surface area contributed by atoms with Crippen LogP contribution in [-0.2, 0) is 6.61 Å². The maximum Gasteiger partial charge on any atom is 0.153 e. The summed E-state index contributed by atoms with van der Waals surface area (Å²) in [4.78, 5) is 6.72. The third-order valence-corrected chi connectivity index (χ3v) is 2.90. The van der Waals surface area contributed by atoms with Crippen molar-refractivity contribution >= 4 is 11.5 Å². The van der Waals surface area contributed by atoms with Gasteiger partial charge in [0.25, 0.3) is 0 Å². The first-order valence-electron chi connectivity index (χ1n) is 6.13. The molecule has 0 aliphatic carbocycles. The van der Waals surface area contributed by atoms with Gasteiger partial charge in [-0.25, -0.2) is 4.98 Å². The van der Waals surface area contributed by atoms with Crippen LogP contribution < -0.4 is 4.90 Å². The number of pyridine rings is 1. The highest BCUT2D eigenvalue weighted by atomic mass is 16.3. The monoisotopic (exact) mass is 245 g/mol. The average molecular weight is 245 g/mol. The zero-order valence-electron chi connectivity index (χ0n) is 10.9. The van der Waals surface area contributed by atoms with Crippen LogP contribution in [-0.4, -0.2) is 27.6 Å². The first kappa shape index (κ1) is 12.6. The van der Waals surface area contributed by atoms with Crippen molar-refractivity contribution in [2.75, 3.05) is 18.0 Å². The van der Waals surface area contributed by atoms with Gasteiger partial charge < -0.3 is 10.0 Å². The Bertz CT molecular complexity index is 559. The lowest BCUT2D eigenvalue weighted by Crippen LogP contribution is -2.26. The number of anilines is 1. The number of nitrogens with zero attached hydrogens (tertiary/aromatic N) is 3. The number of aliphatic hydroxyl groups is 1. The van der Waals surface area contributed by atoms with Crippen molar-refractivity contribution in [1.29, 1.82) is 0 Å². The van der Waals surface area contributed by atoms with Gasteiger partial charge >= 0.3 is 0 Å². The van der Waals surface area contributed by atoms with E-state index >= 15 is 0 Å². The number of fused-ring (bicyclic) bond motifs is 1. The first-order chi connectivity index (χ1) is 8.67. The van der Waals surface area contributed by atoms with Crippen molar-refractivity contribution < 1.29 is 5.11 Å². The highest BCUT2D eigenvalue weighted by molar-refractivity contribution is 5.56. The highest BCUT2D eigenvalue weighted by Gasteiger charge is 2.16. The van der Waals surface area contributed by atoms with Gasteiger partial charge in [0.2, 0.25) is 0 Å². The van der Waals surface area contributed by atoms with Gasteiger partial charge in [-0.1, -0.05) is 18.2 Å². The Balaban J connectivity index is 2.51. The molecule has 0 aliphatic heterocycles. The van der Waals surface area contributed by atoms with Crippen LogP contribution in [0.4, 0.5) is 5.82 Å². The van der Waals surface area contributed by atoms with E-state index in [1.165, 1.54) is 0 Å². The Labute approximate surface area is 107 Å². The Hall–Kier alpha value is -1.81. The Morgan fingerprint density at radius 2 is 2.28 bits per heavy atom. The maximum absolute atomic E-state index is 9.57. The van der Waals surface area contributed by atoms with E-state index in [4.69, 9.17) is 0 Å². The molecule has 2 heterocycles. The molecule has 0 amide bonds. The molecule has 0 saturated heterocycles. The quantitative estimate of drug-likeness (QED) is 0.821. The predicted octanol–water partition coefficient (Wildman–Crippen LogP) is 2.23. The van der Waals surface area contributed by atoms with Gasteiger partial charge in [-0.2, -0.15) is 0 Å². The van der Waals surface area contributed by atoms with E-state index in [1.54, 1.807) is 0 Å². The second-order valence-electron chi connectivity index (χ2n) is 4.44. The molecule has 2 aromatic rings. The molecule has 96 valence electrons. The van der Waals surface area contributed by atoms with E-state index in [0.717, 1.165) is 35.8 Å². The number of rotatable bonds is 5. The summed E-state index contributed by atoms with van der Waals surface area (Å²) in [7, 11) is 0. The minimum atomic E-state index is -0.0206. The Morgan fingerprint density at radius 3 is 2.89 bits per heavy atom. The van der Waals surface area contributed by atoms with Gasteiger partial charge in [0.05, 0.1) is 12.3 Å². The lowest BCUT2D eigenvalue weighted by molar-refractivity contribution is 0.276. The van der Waals surface area contributed by atoms with Crippen LogP contribution in [0, 0.1) is 0 Å². The Kier molecular flexibility index (Phi) is 3.67. The van der Waals surface area contributed by atoms with Crippen LogP contribution in [0.15, 0.2) is 36.5 Å². The molecule has 0 aliphatic rings. The van der Waals surface area contributed by atoms with Gasteiger partial charge in [-0.05, 0) is 26.0 Å². The van der Waals surface area contributed by atoms with Crippen molar-refractivity contribution in [2.24, 2.45) is 0 Å². The smallest absolute Gasteiger partial charge is 0.153 e. The normalized spacial score (nSPS) is 10.8. The summed E-state index contributed by atoms with van der Waals surface area (Å²) in [6.45, 7) is 9.59. The van der Waals surface area contributed by atoms with Crippen LogP contribution in [0.1, 0.15) is 19.5 Å². The van der Waals surface area contributed by atoms with E-state index in [1.807, 2.05) is 35.7 Å². The molecule has 0 radical (unpaired) electrons. The summed E-state index contributed by atoms with van der Waals surface area (Å²) in [5.74, 6) is 0.842. The average Bonchev–Trinajstić information content (AvgIpc) is 2.73. The molecule has 0 unspecified atom stereocenters. The van der Waals surface area contributed by atoms with Gasteiger partial charge in [0.1, 0.15) is 5.65 Å². The maximum atomic E-state index is 9.57. The summed E-state index contributed by atoms with van der Waals surface area (Å²) < 4.78 is 1.93. The molecule has 0 saturated carbocycles. The SMILES string of the molecule is C=C(C)CN(CC)c1nc2ccccn2c1CO. The van der Waals surface area contributed by atoms with Crippen LogP contribution in [0.25, 0.3) is 5.65 Å². The summed E-state index contributed by atoms with van der Waals surface area (Å²) in [6.07, 6.45) is 1.92.